The Balaban J connectivity index is 1.67. The summed E-state index contributed by atoms with van der Waals surface area (Å²) in [6.45, 7) is 8.87. The zero-order valence-electron chi connectivity index (χ0n) is 21.1. The van der Waals surface area contributed by atoms with Gasteiger partial charge < -0.3 is 15.0 Å². The molecule has 1 aliphatic heterocycles. The van der Waals surface area contributed by atoms with Gasteiger partial charge in [0.2, 0.25) is 5.91 Å². The van der Waals surface area contributed by atoms with Gasteiger partial charge in [-0.3, -0.25) is 9.10 Å². The van der Waals surface area contributed by atoms with Crippen LogP contribution in [0.2, 0.25) is 0 Å². The number of anilines is 1. The first-order valence-electron chi connectivity index (χ1n) is 12.0. The smallest absolute Gasteiger partial charge is 0.264 e. The molecule has 8 nitrogen and oxygen atoms in total. The number of carbonyl (C=O) groups excluding carboxylic acids is 1. The van der Waals surface area contributed by atoms with E-state index in [4.69, 9.17) is 15.5 Å². The zero-order chi connectivity index (χ0) is 26.3. The summed E-state index contributed by atoms with van der Waals surface area (Å²) in [4.78, 5) is 15.8. The highest BCUT2D eigenvalue weighted by Crippen LogP contribution is 2.32. The summed E-state index contributed by atoms with van der Waals surface area (Å²) in [5.74, 6) is 0.972. The van der Waals surface area contributed by atoms with Gasteiger partial charge in [-0.1, -0.05) is 48.8 Å². The van der Waals surface area contributed by atoms with Gasteiger partial charge in [-0.05, 0) is 54.7 Å². The second kappa shape index (κ2) is 10.1. The highest BCUT2D eigenvalue weighted by molar-refractivity contribution is 9.09. The van der Waals surface area contributed by atoms with Crippen molar-refractivity contribution in [2.75, 3.05) is 24.6 Å². The van der Waals surface area contributed by atoms with E-state index >= 15 is 0 Å². The summed E-state index contributed by atoms with van der Waals surface area (Å²) in [5, 5.41) is 0. The molecule has 194 valence electrons. The molecule has 4 rings (SSSR count). The third kappa shape index (κ3) is 5.31. The van der Waals surface area contributed by atoms with Gasteiger partial charge in [0.1, 0.15) is 10.7 Å². The minimum Gasteiger partial charge on any atom is -0.381 e. The van der Waals surface area contributed by atoms with E-state index in [-0.39, 0.29) is 10.3 Å². The zero-order valence-corrected chi connectivity index (χ0v) is 23.5. The Hall–Kier alpha value is -2.43. The molecule has 1 unspecified atom stereocenters. The monoisotopic (exact) mass is 576 g/mol. The highest BCUT2D eigenvalue weighted by atomic mass is 79.9. The van der Waals surface area contributed by atoms with Gasteiger partial charge in [0.05, 0.1) is 21.6 Å². The van der Waals surface area contributed by atoms with E-state index in [1.807, 2.05) is 18.2 Å². The fourth-order valence-corrected chi connectivity index (χ4v) is 6.02. The molecule has 2 N–H and O–H groups in total. The number of benzene rings is 2. The van der Waals surface area contributed by atoms with Crippen LogP contribution in [-0.2, 0) is 31.5 Å². The standard InChI is InChI=1S/C26H33BrN4O4S/c1-26(2,3)25-29-21-15-19(7-10-22(21)31(25)16-17-11-13-35-14-12-17)30(4)36(33,34)20-8-5-18(6-9-20)23(27)24(28)32/h5-10,15,17,23H,11-14,16H2,1-4H3,(H2,28,32). The average Bonchev–Trinajstić information content (AvgIpc) is 3.21. The number of hydrogen-bond donors (Lipinski definition) is 1. The van der Waals surface area contributed by atoms with Crippen molar-refractivity contribution in [1.82, 2.24) is 9.55 Å². The van der Waals surface area contributed by atoms with E-state index in [0.29, 0.717) is 17.2 Å². The number of carbonyl (C=O) groups is 1. The van der Waals surface area contributed by atoms with Crippen molar-refractivity contribution >= 4 is 48.6 Å². The molecule has 1 amide bonds. The molecule has 0 bridgehead atoms. The molecule has 0 radical (unpaired) electrons. The summed E-state index contributed by atoms with van der Waals surface area (Å²) in [5.41, 5.74) is 8.05. The number of halogens is 1. The van der Waals surface area contributed by atoms with Crippen molar-refractivity contribution in [1.29, 1.82) is 0 Å². The molecule has 0 spiro atoms. The number of ether oxygens (including phenoxy) is 1. The maximum absolute atomic E-state index is 13.4. The van der Waals surface area contributed by atoms with Crippen molar-refractivity contribution in [3.05, 3.63) is 53.9 Å². The van der Waals surface area contributed by atoms with Gasteiger partial charge in [-0.15, -0.1) is 0 Å². The number of nitrogens with two attached hydrogens (primary N) is 1. The number of imidazole rings is 1. The van der Waals surface area contributed by atoms with E-state index in [9.17, 15) is 13.2 Å². The van der Waals surface area contributed by atoms with Crippen LogP contribution in [0.15, 0.2) is 47.4 Å². The molecule has 10 heteroatoms. The first-order valence-corrected chi connectivity index (χ1v) is 14.4. The van der Waals surface area contributed by atoms with Crippen LogP contribution >= 0.6 is 15.9 Å². The van der Waals surface area contributed by atoms with Gasteiger partial charge >= 0.3 is 0 Å². The van der Waals surface area contributed by atoms with Gasteiger partial charge in [-0.2, -0.15) is 0 Å². The normalized spacial score (nSPS) is 16.2. The number of primary amides is 1. The Bertz CT molecular complexity index is 1360. The lowest BCUT2D eigenvalue weighted by Gasteiger charge is -2.26. The first-order chi connectivity index (χ1) is 16.9. The molecule has 1 aromatic heterocycles. The molecule has 1 fully saturated rings. The lowest BCUT2D eigenvalue weighted by atomic mass is 9.94. The van der Waals surface area contributed by atoms with Gasteiger partial charge in [0.15, 0.2) is 0 Å². The molecule has 2 heterocycles. The average molecular weight is 578 g/mol. The Kier molecular flexibility index (Phi) is 7.50. The van der Waals surface area contributed by atoms with Crippen LogP contribution in [0.1, 0.15) is 49.8 Å². The summed E-state index contributed by atoms with van der Waals surface area (Å²) in [7, 11) is -2.29. The lowest BCUT2D eigenvalue weighted by Crippen LogP contribution is -2.26. The molecule has 2 aromatic carbocycles. The molecule has 1 aliphatic rings. The number of sulfonamides is 1. The highest BCUT2D eigenvalue weighted by Gasteiger charge is 2.27. The quantitative estimate of drug-likeness (QED) is 0.416. The maximum Gasteiger partial charge on any atom is 0.264 e. The van der Waals surface area contributed by atoms with E-state index in [2.05, 4.69) is 41.3 Å². The Morgan fingerprint density at radius 1 is 1.19 bits per heavy atom. The Labute approximate surface area is 221 Å². The largest absolute Gasteiger partial charge is 0.381 e. The third-order valence-corrected chi connectivity index (χ3v) is 9.41. The van der Waals surface area contributed by atoms with Gasteiger partial charge in [-0.25, -0.2) is 13.4 Å². The minimum absolute atomic E-state index is 0.124. The number of amides is 1. The fourth-order valence-electron chi connectivity index (χ4n) is 4.53. The fraction of sp³-hybridized carbons (Fsp3) is 0.462. The second-order valence-corrected chi connectivity index (χ2v) is 13.2. The Morgan fingerprint density at radius 3 is 2.42 bits per heavy atom. The number of nitrogens with zero attached hydrogens (tertiary/aromatic N) is 3. The number of hydrogen-bond acceptors (Lipinski definition) is 5. The van der Waals surface area contributed by atoms with E-state index < -0.39 is 20.8 Å². The van der Waals surface area contributed by atoms with Crippen molar-refractivity contribution in [3.8, 4) is 0 Å². The van der Waals surface area contributed by atoms with Crippen LogP contribution < -0.4 is 10.0 Å². The lowest BCUT2D eigenvalue weighted by molar-refractivity contribution is -0.117. The summed E-state index contributed by atoms with van der Waals surface area (Å²) >= 11 is 3.22. The van der Waals surface area contributed by atoms with E-state index in [1.54, 1.807) is 12.1 Å². The maximum atomic E-state index is 13.4. The predicted octanol–water partition coefficient (Wildman–Crippen LogP) is 4.51. The van der Waals surface area contributed by atoms with Crippen molar-refractivity contribution in [2.24, 2.45) is 11.7 Å². The summed E-state index contributed by atoms with van der Waals surface area (Å²) in [6, 6.07) is 11.8. The molecule has 3 aromatic rings. The van der Waals surface area contributed by atoms with Crippen molar-refractivity contribution < 1.29 is 17.9 Å². The van der Waals surface area contributed by atoms with Crippen molar-refractivity contribution in [2.45, 2.75) is 55.3 Å². The summed E-state index contributed by atoms with van der Waals surface area (Å²) in [6.07, 6.45) is 2.05. The second-order valence-electron chi connectivity index (χ2n) is 10.3. The molecule has 0 saturated carbocycles. The topological polar surface area (TPSA) is 108 Å². The number of rotatable bonds is 7. The number of aromatic nitrogens is 2. The predicted molar refractivity (Wildman–Crippen MR) is 145 cm³/mol. The molecule has 1 atom stereocenters. The first kappa shape index (κ1) is 26.6. The third-order valence-electron chi connectivity index (χ3n) is 6.63. The number of fused-ring (bicyclic) bond motifs is 1. The van der Waals surface area contributed by atoms with Crippen molar-refractivity contribution in [3.63, 3.8) is 0 Å². The summed E-state index contributed by atoms with van der Waals surface area (Å²) < 4.78 is 35.8. The molecule has 0 aliphatic carbocycles. The van der Waals surface area contributed by atoms with Crippen LogP contribution in [0.4, 0.5) is 5.69 Å². The molecular formula is C26H33BrN4O4S. The SMILES string of the molecule is CN(c1ccc2c(c1)nc(C(C)(C)C)n2CC1CCOCC1)S(=O)(=O)c1ccc(C(Br)C(N)=O)cc1. The van der Waals surface area contributed by atoms with Gasteiger partial charge in [0.25, 0.3) is 10.0 Å². The van der Waals surface area contributed by atoms with Crippen LogP contribution in [0.25, 0.3) is 11.0 Å². The van der Waals surface area contributed by atoms with Crippen LogP contribution in [0.5, 0.6) is 0 Å². The van der Waals surface area contributed by atoms with E-state index in [1.165, 1.54) is 23.5 Å². The van der Waals surface area contributed by atoms with Crippen LogP contribution in [-0.4, -0.2) is 44.1 Å². The number of alkyl halides is 1. The van der Waals surface area contributed by atoms with Crippen LogP contribution in [0.3, 0.4) is 0 Å². The minimum atomic E-state index is -3.82. The van der Waals surface area contributed by atoms with Gasteiger partial charge in [0, 0.05) is 32.2 Å². The molecule has 1 saturated heterocycles. The molecule has 36 heavy (non-hydrogen) atoms. The Morgan fingerprint density at radius 2 is 1.83 bits per heavy atom. The molecular weight excluding hydrogens is 544 g/mol. The van der Waals surface area contributed by atoms with E-state index in [0.717, 1.165) is 49.5 Å². The van der Waals surface area contributed by atoms with Crippen LogP contribution in [0, 0.1) is 5.92 Å².